The Balaban J connectivity index is 1.41. The largest absolute Gasteiger partial charge is 0.489 e. The molecule has 7 rings (SSSR count). The van der Waals surface area contributed by atoms with Gasteiger partial charge in [-0.05, 0) is 96.7 Å². The van der Waals surface area contributed by atoms with E-state index in [1.54, 1.807) is 31.4 Å². The zero-order valence-electron chi connectivity index (χ0n) is 34.2. The lowest BCUT2D eigenvalue weighted by atomic mass is 9.55. The molecule has 59 heavy (non-hydrogen) atoms. The molecule has 6 atom stereocenters. The van der Waals surface area contributed by atoms with Gasteiger partial charge < -0.3 is 34.2 Å². The van der Waals surface area contributed by atoms with Crippen LogP contribution in [0.15, 0.2) is 114 Å². The molecule has 0 aromatic heterocycles. The average Bonchev–Trinajstić information content (AvgIpc) is 3.26. The number of oxime groups is 1. The van der Waals surface area contributed by atoms with Gasteiger partial charge in [0.1, 0.15) is 37.1 Å². The van der Waals surface area contributed by atoms with Crippen molar-refractivity contribution in [3.05, 3.63) is 132 Å². The van der Waals surface area contributed by atoms with Crippen molar-refractivity contribution in [2.45, 2.75) is 82.6 Å². The Hall–Kier alpha value is -5.03. The van der Waals surface area contributed by atoms with Gasteiger partial charge in [0.25, 0.3) is 5.91 Å². The molecule has 312 valence electrons. The number of rotatable bonds is 19. The van der Waals surface area contributed by atoms with Crippen LogP contribution in [0.25, 0.3) is 10.8 Å². The number of hydrogen-bond acceptors (Lipinski definition) is 8. The summed E-state index contributed by atoms with van der Waals surface area (Å²) in [6, 6.07) is 25.6. The third kappa shape index (κ3) is 8.67. The van der Waals surface area contributed by atoms with Crippen LogP contribution in [0.4, 0.5) is 4.39 Å². The van der Waals surface area contributed by atoms with Crippen LogP contribution < -0.4 is 9.47 Å². The van der Waals surface area contributed by atoms with Crippen LogP contribution >= 0.6 is 0 Å². The molecule has 10 heteroatoms. The van der Waals surface area contributed by atoms with Gasteiger partial charge in [-0.3, -0.25) is 4.79 Å². The number of aliphatic hydroxyl groups is 2. The van der Waals surface area contributed by atoms with E-state index in [1.165, 1.54) is 6.07 Å². The van der Waals surface area contributed by atoms with Crippen LogP contribution in [0.3, 0.4) is 0 Å². The highest BCUT2D eigenvalue weighted by Crippen LogP contribution is 2.62. The lowest BCUT2D eigenvalue weighted by Crippen LogP contribution is -2.70. The van der Waals surface area contributed by atoms with Crippen molar-refractivity contribution in [1.29, 1.82) is 0 Å². The SMILES string of the molecule is C=CCO[C@@]12Oc3ccc(OCc4ccccc4F)cc3[C@H]3[C@H](CCCCO)[C@@H](CCCCO)C=C(C(=NOC)C[C@@H]1N(CCC)C(=O)c1ccc4ccccc4c1)[C@H]32. The average molecular weight is 805 g/mol. The molecule has 1 heterocycles. The van der Waals surface area contributed by atoms with Gasteiger partial charge in [-0.1, -0.05) is 85.6 Å². The van der Waals surface area contributed by atoms with Crippen molar-refractivity contribution >= 4 is 22.4 Å². The fraction of sp³-hybridized carbons (Fsp3) is 0.429. The van der Waals surface area contributed by atoms with Crippen LogP contribution in [-0.4, -0.2) is 72.0 Å². The molecule has 0 bridgehead atoms. The summed E-state index contributed by atoms with van der Waals surface area (Å²) in [6.07, 6.45) is 9.66. The molecular formula is C49H57FN2O7. The Kier molecular flexibility index (Phi) is 13.8. The summed E-state index contributed by atoms with van der Waals surface area (Å²) in [6.45, 7) is 6.96. The van der Waals surface area contributed by atoms with Crippen molar-refractivity contribution in [3.8, 4) is 11.5 Å². The summed E-state index contributed by atoms with van der Waals surface area (Å²) < 4.78 is 35.4. The minimum absolute atomic E-state index is 0.0528. The Morgan fingerprint density at radius 2 is 1.75 bits per heavy atom. The summed E-state index contributed by atoms with van der Waals surface area (Å²) in [5.74, 6) is -1.12. The Labute approximate surface area is 347 Å². The maximum Gasteiger partial charge on any atom is 0.254 e. The second-order valence-corrected chi connectivity index (χ2v) is 15.9. The number of ether oxygens (including phenoxy) is 3. The fourth-order valence-electron chi connectivity index (χ4n) is 9.75. The molecule has 3 aliphatic rings. The fourth-order valence-corrected chi connectivity index (χ4v) is 9.75. The monoisotopic (exact) mass is 804 g/mol. The van der Waals surface area contributed by atoms with Gasteiger partial charge in [0, 0.05) is 48.8 Å². The number of carbonyl (C=O) groups excluding carboxylic acids is 1. The molecule has 1 amide bonds. The van der Waals surface area contributed by atoms with Gasteiger partial charge in [0.05, 0.1) is 18.2 Å². The smallest absolute Gasteiger partial charge is 0.254 e. The van der Waals surface area contributed by atoms with Gasteiger partial charge in [-0.2, -0.15) is 0 Å². The number of halogens is 1. The first-order valence-corrected chi connectivity index (χ1v) is 21.1. The first-order chi connectivity index (χ1) is 28.9. The summed E-state index contributed by atoms with van der Waals surface area (Å²) in [7, 11) is 1.55. The number of benzene rings is 4. The zero-order valence-corrected chi connectivity index (χ0v) is 34.2. The first-order valence-electron chi connectivity index (χ1n) is 21.1. The predicted octanol–water partition coefficient (Wildman–Crippen LogP) is 9.37. The van der Waals surface area contributed by atoms with E-state index in [-0.39, 0.29) is 55.9 Å². The number of amides is 1. The van der Waals surface area contributed by atoms with E-state index in [4.69, 9.17) is 24.2 Å². The normalized spacial score (nSPS) is 23.8. The Morgan fingerprint density at radius 3 is 2.49 bits per heavy atom. The van der Waals surface area contributed by atoms with E-state index in [0.29, 0.717) is 54.9 Å². The minimum Gasteiger partial charge on any atom is -0.489 e. The highest BCUT2D eigenvalue weighted by atomic mass is 19.1. The van der Waals surface area contributed by atoms with Gasteiger partial charge >= 0.3 is 0 Å². The van der Waals surface area contributed by atoms with Crippen LogP contribution in [0.5, 0.6) is 11.5 Å². The number of aliphatic hydroxyl groups excluding tert-OH is 2. The van der Waals surface area contributed by atoms with Crippen molar-refractivity contribution in [1.82, 2.24) is 4.90 Å². The second-order valence-electron chi connectivity index (χ2n) is 15.9. The number of unbranched alkanes of at least 4 members (excludes halogenated alkanes) is 2. The molecule has 4 aromatic carbocycles. The molecule has 0 unspecified atom stereocenters. The van der Waals surface area contributed by atoms with Gasteiger partial charge in [-0.25, -0.2) is 4.39 Å². The molecule has 0 spiro atoms. The molecule has 4 aromatic rings. The summed E-state index contributed by atoms with van der Waals surface area (Å²) in [4.78, 5) is 22.6. The lowest BCUT2D eigenvalue weighted by Gasteiger charge is -2.60. The highest BCUT2D eigenvalue weighted by molar-refractivity contribution is 6.04. The van der Waals surface area contributed by atoms with Crippen molar-refractivity contribution in [3.63, 3.8) is 0 Å². The van der Waals surface area contributed by atoms with E-state index in [0.717, 1.165) is 53.3 Å². The summed E-state index contributed by atoms with van der Waals surface area (Å²) in [5, 5.41) is 26.5. The third-order valence-corrected chi connectivity index (χ3v) is 12.3. The standard InChI is InChI=1S/C49H57FN2O7/c1-4-24-52(48(55)36-21-20-33-14-6-7-15-34(33)28-36)45-31-43(51-56-3)40-29-35(16-10-12-25-53)39(18-11-13-26-54)46-41-30-38(57-32-37-17-8-9-19-42(37)50)22-23-44(41)59-49(45,47(40)46)58-27-5-2/h5-9,14-15,17,19-23,28-30,35,39,45-47,53-54H,2,4,10-13,16,18,24-27,31-32H2,1,3H3/t35-,39+,45-,46+,47+,49+/m0/s1. The van der Waals surface area contributed by atoms with Crippen LogP contribution in [0.2, 0.25) is 0 Å². The van der Waals surface area contributed by atoms with E-state index < -0.39 is 17.7 Å². The number of allylic oxidation sites excluding steroid dienone is 1. The van der Waals surface area contributed by atoms with Gasteiger partial charge in [0.15, 0.2) is 0 Å². The Bertz CT molecular complexity index is 2150. The molecule has 2 aliphatic carbocycles. The highest BCUT2D eigenvalue weighted by Gasteiger charge is 2.65. The van der Waals surface area contributed by atoms with Crippen LogP contribution in [0.1, 0.15) is 85.7 Å². The molecule has 0 radical (unpaired) electrons. The summed E-state index contributed by atoms with van der Waals surface area (Å²) in [5.41, 5.74) is 3.65. The first kappa shape index (κ1) is 42.1. The van der Waals surface area contributed by atoms with E-state index in [9.17, 15) is 14.6 Å². The number of nitrogens with zero attached hydrogens (tertiary/aromatic N) is 2. The lowest BCUT2D eigenvalue weighted by molar-refractivity contribution is -0.254. The molecular weight excluding hydrogens is 748 g/mol. The molecule has 1 fully saturated rings. The molecule has 9 nitrogen and oxygen atoms in total. The number of fused-ring (bicyclic) bond motifs is 3. The molecule has 1 aliphatic heterocycles. The van der Waals surface area contributed by atoms with Crippen LogP contribution in [-0.2, 0) is 16.2 Å². The van der Waals surface area contributed by atoms with E-state index >= 15 is 4.79 Å². The minimum atomic E-state index is -1.37. The molecule has 0 saturated heterocycles. The predicted molar refractivity (Wildman–Crippen MR) is 228 cm³/mol. The zero-order chi connectivity index (χ0) is 41.4. The maximum absolute atomic E-state index is 15.0. The summed E-state index contributed by atoms with van der Waals surface area (Å²) >= 11 is 0. The van der Waals surface area contributed by atoms with Crippen molar-refractivity contribution < 1.29 is 38.4 Å². The molecule has 2 N–H and O–H groups in total. The second kappa shape index (κ2) is 19.4. The van der Waals surface area contributed by atoms with Crippen molar-refractivity contribution in [2.75, 3.05) is 33.5 Å². The number of carbonyl (C=O) groups is 1. The quantitative estimate of drug-likeness (QED) is 0.0553. The van der Waals surface area contributed by atoms with E-state index in [2.05, 4.69) is 19.6 Å². The van der Waals surface area contributed by atoms with Crippen molar-refractivity contribution in [2.24, 2.45) is 22.9 Å². The number of hydrogen-bond donors (Lipinski definition) is 2. The molecule has 1 saturated carbocycles. The topological polar surface area (TPSA) is 110 Å². The van der Waals surface area contributed by atoms with Gasteiger partial charge in [-0.15, -0.1) is 6.58 Å². The Morgan fingerprint density at radius 1 is 0.983 bits per heavy atom. The third-order valence-electron chi connectivity index (χ3n) is 12.3. The maximum atomic E-state index is 15.0. The van der Waals surface area contributed by atoms with Gasteiger partial charge in [0.2, 0.25) is 5.79 Å². The van der Waals surface area contributed by atoms with Crippen LogP contribution in [0, 0.1) is 23.6 Å². The van der Waals surface area contributed by atoms with E-state index in [1.807, 2.05) is 65.6 Å².